The third-order valence-corrected chi connectivity index (χ3v) is 2.27. The number of hydrogen-bond acceptors (Lipinski definition) is 3. The highest BCUT2D eigenvalue weighted by atomic mass is 19.4. The number of nitrogens with one attached hydrogen (secondary N) is 2. The first-order valence-corrected chi connectivity index (χ1v) is 4.67. The Bertz CT molecular complexity index is 789. The maximum absolute atomic E-state index is 12.5. The monoisotopic (exact) mass is 258 g/mol. The van der Waals surface area contributed by atoms with E-state index in [2.05, 4.69) is 0 Å². The predicted octanol–water partition coefficient (Wildman–Crippen LogP) is 0.595. The molecule has 0 saturated heterocycles. The molecule has 1 aromatic heterocycles. The molecule has 0 aliphatic carbocycles. The fraction of sp³-hybridized carbons (Fsp3) is 0.100. The maximum Gasteiger partial charge on any atom is 0.416 e. The van der Waals surface area contributed by atoms with Crippen LogP contribution in [0.5, 0.6) is 0 Å². The number of fused-ring (bicyclic) bond motifs is 1. The quantitative estimate of drug-likeness (QED) is 0.678. The number of benzene rings is 1. The lowest BCUT2D eigenvalue weighted by Crippen LogP contribution is -2.28. The molecule has 8 heteroatoms. The molecule has 0 atom stereocenters. The Morgan fingerprint density at radius 1 is 0.889 bits per heavy atom. The van der Waals surface area contributed by atoms with Gasteiger partial charge in [0.15, 0.2) is 0 Å². The highest BCUT2D eigenvalue weighted by Gasteiger charge is 2.30. The van der Waals surface area contributed by atoms with E-state index in [1.165, 1.54) is 0 Å². The molecule has 2 rings (SSSR count). The Morgan fingerprint density at radius 3 is 2.11 bits per heavy atom. The van der Waals surface area contributed by atoms with Gasteiger partial charge in [-0.1, -0.05) is 0 Å². The molecule has 0 unspecified atom stereocenters. The van der Waals surface area contributed by atoms with Crippen molar-refractivity contribution in [1.82, 2.24) is 9.97 Å². The molecule has 0 aliphatic heterocycles. The van der Waals surface area contributed by atoms with Crippen molar-refractivity contribution in [2.24, 2.45) is 0 Å². The summed E-state index contributed by atoms with van der Waals surface area (Å²) in [7, 11) is 0. The summed E-state index contributed by atoms with van der Waals surface area (Å²) in [5.41, 5.74) is -4.71. The van der Waals surface area contributed by atoms with Crippen LogP contribution in [-0.4, -0.2) is 9.97 Å². The fourth-order valence-corrected chi connectivity index (χ4v) is 1.43. The lowest BCUT2D eigenvalue weighted by molar-refractivity contribution is -0.137. The van der Waals surface area contributed by atoms with E-state index < -0.39 is 28.4 Å². The second-order valence-electron chi connectivity index (χ2n) is 3.50. The minimum Gasteiger partial charge on any atom is -0.317 e. The van der Waals surface area contributed by atoms with Crippen molar-refractivity contribution in [3.8, 4) is 0 Å². The Hall–Kier alpha value is -2.38. The van der Waals surface area contributed by atoms with Gasteiger partial charge in [0, 0.05) is 0 Å². The first kappa shape index (κ1) is 12.1. The maximum atomic E-state index is 12.5. The molecular weight excluding hydrogens is 253 g/mol. The smallest absolute Gasteiger partial charge is 0.317 e. The SMILES string of the molecule is O=c1[nH]c(=O)c2ccc(C(F)(F)F)cc2[nH]c1=O. The molecule has 5 nitrogen and oxygen atoms in total. The van der Waals surface area contributed by atoms with E-state index in [1.54, 1.807) is 4.98 Å². The molecule has 2 aromatic rings. The van der Waals surface area contributed by atoms with Crippen molar-refractivity contribution in [3.63, 3.8) is 0 Å². The summed E-state index contributed by atoms with van der Waals surface area (Å²) in [5, 5.41) is -0.206. The van der Waals surface area contributed by atoms with Gasteiger partial charge in [0.05, 0.1) is 16.5 Å². The molecule has 0 saturated carbocycles. The van der Waals surface area contributed by atoms with Crippen LogP contribution in [0.1, 0.15) is 5.56 Å². The van der Waals surface area contributed by atoms with Gasteiger partial charge >= 0.3 is 17.3 Å². The van der Waals surface area contributed by atoms with E-state index in [1.807, 2.05) is 4.98 Å². The lowest BCUT2D eigenvalue weighted by atomic mass is 10.1. The van der Waals surface area contributed by atoms with Gasteiger partial charge in [0.1, 0.15) is 0 Å². The molecule has 2 N–H and O–H groups in total. The number of hydrogen-bond donors (Lipinski definition) is 2. The first-order chi connectivity index (χ1) is 8.29. The number of aromatic nitrogens is 2. The summed E-state index contributed by atoms with van der Waals surface area (Å²) in [4.78, 5) is 37.2. The van der Waals surface area contributed by atoms with Crippen LogP contribution in [0, 0.1) is 0 Å². The van der Waals surface area contributed by atoms with Crippen LogP contribution in [0.4, 0.5) is 13.2 Å². The highest BCUT2D eigenvalue weighted by molar-refractivity contribution is 5.77. The van der Waals surface area contributed by atoms with Crippen molar-refractivity contribution in [3.05, 3.63) is 54.8 Å². The largest absolute Gasteiger partial charge is 0.416 e. The molecule has 1 aromatic carbocycles. The van der Waals surface area contributed by atoms with E-state index in [0.29, 0.717) is 12.1 Å². The highest BCUT2D eigenvalue weighted by Crippen LogP contribution is 2.29. The van der Waals surface area contributed by atoms with Crippen LogP contribution in [0.15, 0.2) is 32.6 Å². The van der Waals surface area contributed by atoms with Gasteiger partial charge in [-0.05, 0) is 18.2 Å². The third-order valence-electron chi connectivity index (χ3n) is 2.27. The summed E-state index contributed by atoms with van der Waals surface area (Å²) < 4.78 is 37.4. The number of alkyl halides is 3. The summed E-state index contributed by atoms with van der Waals surface area (Å²) in [6.45, 7) is 0. The van der Waals surface area contributed by atoms with Crippen molar-refractivity contribution >= 4 is 10.9 Å². The zero-order chi connectivity index (χ0) is 13.5. The number of halogens is 3. The minimum absolute atomic E-state index is 0.206. The topological polar surface area (TPSA) is 82.8 Å². The van der Waals surface area contributed by atoms with E-state index in [-0.39, 0.29) is 10.9 Å². The van der Waals surface area contributed by atoms with Gasteiger partial charge in [-0.3, -0.25) is 19.4 Å². The molecule has 0 aliphatic rings. The molecule has 1 heterocycles. The summed E-state index contributed by atoms with van der Waals surface area (Å²) in [6, 6.07) is 2.19. The van der Waals surface area contributed by atoms with E-state index >= 15 is 0 Å². The van der Waals surface area contributed by atoms with Crippen molar-refractivity contribution in [1.29, 1.82) is 0 Å². The first-order valence-electron chi connectivity index (χ1n) is 4.67. The van der Waals surface area contributed by atoms with Gasteiger partial charge in [-0.15, -0.1) is 0 Å². The molecule has 0 fully saturated rings. The van der Waals surface area contributed by atoms with Gasteiger partial charge in [-0.2, -0.15) is 13.2 Å². The number of H-pyrrole nitrogens is 2. The van der Waals surface area contributed by atoms with Crippen molar-refractivity contribution < 1.29 is 13.2 Å². The van der Waals surface area contributed by atoms with Crippen LogP contribution < -0.4 is 16.7 Å². The third kappa shape index (κ3) is 2.04. The van der Waals surface area contributed by atoms with Crippen LogP contribution in [0.25, 0.3) is 10.9 Å². The van der Waals surface area contributed by atoms with E-state index in [4.69, 9.17) is 0 Å². The van der Waals surface area contributed by atoms with Crippen LogP contribution in [-0.2, 0) is 6.18 Å². The second kappa shape index (κ2) is 3.83. The Balaban J connectivity index is 2.97. The molecular formula is C10H5F3N2O3. The van der Waals surface area contributed by atoms with Crippen LogP contribution >= 0.6 is 0 Å². The van der Waals surface area contributed by atoms with Crippen LogP contribution in [0.3, 0.4) is 0 Å². The lowest BCUT2D eigenvalue weighted by Gasteiger charge is -2.05. The predicted molar refractivity (Wildman–Crippen MR) is 56.5 cm³/mol. The van der Waals surface area contributed by atoms with E-state index in [0.717, 1.165) is 6.07 Å². The fourth-order valence-electron chi connectivity index (χ4n) is 1.43. The van der Waals surface area contributed by atoms with E-state index in [9.17, 15) is 27.6 Å². The molecule has 0 amide bonds. The number of aromatic amines is 2. The average Bonchev–Trinajstić information content (AvgIpc) is 2.36. The molecule has 0 spiro atoms. The average molecular weight is 258 g/mol. The zero-order valence-electron chi connectivity index (χ0n) is 8.59. The van der Waals surface area contributed by atoms with Crippen LogP contribution in [0.2, 0.25) is 0 Å². The summed E-state index contributed by atoms with van der Waals surface area (Å²) in [6.07, 6.45) is -4.60. The molecule has 94 valence electrons. The Morgan fingerprint density at radius 2 is 1.50 bits per heavy atom. The normalized spacial score (nSPS) is 11.7. The number of rotatable bonds is 0. The van der Waals surface area contributed by atoms with Gasteiger partial charge < -0.3 is 4.98 Å². The molecule has 0 bridgehead atoms. The van der Waals surface area contributed by atoms with Crippen molar-refractivity contribution in [2.45, 2.75) is 6.18 Å². The molecule has 0 radical (unpaired) electrons. The molecule has 18 heavy (non-hydrogen) atoms. The summed E-state index contributed by atoms with van der Waals surface area (Å²) >= 11 is 0. The van der Waals surface area contributed by atoms with Crippen molar-refractivity contribution in [2.75, 3.05) is 0 Å². The standard InChI is InChI=1S/C10H5F3N2O3/c11-10(12,13)4-1-2-5-6(3-4)14-8(17)9(18)15-7(5)16/h1-3H,(H2,14,15,16,17,18). The van der Waals surface area contributed by atoms with Gasteiger partial charge in [-0.25, -0.2) is 0 Å². The Labute approximate surface area is 95.9 Å². The van der Waals surface area contributed by atoms with Gasteiger partial charge in [0.2, 0.25) is 0 Å². The summed E-state index contributed by atoms with van der Waals surface area (Å²) in [5.74, 6) is 0. The van der Waals surface area contributed by atoms with Gasteiger partial charge in [0.25, 0.3) is 5.56 Å². The zero-order valence-corrected chi connectivity index (χ0v) is 8.59. The second-order valence-corrected chi connectivity index (χ2v) is 3.50. The Kier molecular flexibility index (Phi) is 2.57. The minimum atomic E-state index is -4.60.